The molecule has 2 bridgehead atoms. The normalized spacial score (nSPS) is 39.9. The van der Waals surface area contributed by atoms with Gasteiger partial charge in [-0.05, 0) is 70.4 Å². The van der Waals surface area contributed by atoms with E-state index >= 15 is 0 Å². The maximum Gasteiger partial charge on any atom is 0.0628 e. The van der Waals surface area contributed by atoms with Crippen LogP contribution in [0.4, 0.5) is 0 Å². The minimum Gasteiger partial charge on any atom is -0.381 e. The molecule has 140 valence electrons. The zero-order chi connectivity index (χ0) is 16.9. The monoisotopic (exact) mass is 338 g/mol. The van der Waals surface area contributed by atoms with E-state index < -0.39 is 0 Å². The standard InChI is InChI=1S/C18H32N2O2.C2H6/c1-21-16-10-18(11-16)22-17-8-14-2-3-15(9-17)20(14)12-13-4-6-19-7-5-13;1-2/h13-19H,2-12H2,1H3;1-2H3. The Kier molecular flexibility index (Phi) is 6.97. The smallest absolute Gasteiger partial charge is 0.0628 e. The average molecular weight is 339 g/mol. The van der Waals surface area contributed by atoms with Gasteiger partial charge in [-0.1, -0.05) is 13.8 Å². The molecular formula is C20H38N2O2. The van der Waals surface area contributed by atoms with Crippen LogP contribution in [0.3, 0.4) is 0 Å². The first kappa shape index (κ1) is 18.6. The van der Waals surface area contributed by atoms with Crippen LogP contribution in [0.15, 0.2) is 0 Å². The van der Waals surface area contributed by atoms with Crippen molar-refractivity contribution in [3.8, 4) is 0 Å². The zero-order valence-corrected chi connectivity index (χ0v) is 16.0. The molecule has 3 heterocycles. The summed E-state index contributed by atoms with van der Waals surface area (Å²) in [6.07, 6.45) is 11.8. The Balaban J connectivity index is 0.000000815. The average Bonchev–Trinajstić information content (AvgIpc) is 2.82. The second-order valence-electron chi connectivity index (χ2n) is 7.96. The number of methoxy groups -OCH3 is 1. The lowest BCUT2D eigenvalue weighted by Crippen LogP contribution is -2.50. The van der Waals surface area contributed by atoms with E-state index in [0.717, 1.165) is 30.8 Å². The Labute approximate surface area is 148 Å². The van der Waals surface area contributed by atoms with Gasteiger partial charge < -0.3 is 14.8 Å². The Morgan fingerprint density at radius 3 is 2.00 bits per heavy atom. The Morgan fingerprint density at radius 1 is 0.833 bits per heavy atom. The Morgan fingerprint density at radius 2 is 1.42 bits per heavy atom. The number of nitrogens with one attached hydrogen (secondary N) is 1. The third-order valence-corrected chi connectivity index (χ3v) is 6.54. The molecule has 0 amide bonds. The molecule has 0 radical (unpaired) electrons. The van der Waals surface area contributed by atoms with Gasteiger partial charge in [0.15, 0.2) is 0 Å². The van der Waals surface area contributed by atoms with E-state index in [-0.39, 0.29) is 0 Å². The summed E-state index contributed by atoms with van der Waals surface area (Å²) < 4.78 is 11.7. The van der Waals surface area contributed by atoms with Gasteiger partial charge in [-0.3, -0.25) is 4.90 Å². The minimum atomic E-state index is 0.460. The fourth-order valence-corrected chi connectivity index (χ4v) is 5.09. The van der Waals surface area contributed by atoms with E-state index in [1.54, 1.807) is 0 Å². The minimum absolute atomic E-state index is 0.460. The summed E-state index contributed by atoms with van der Waals surface area (Å²) in [5, 5.41) is 3.49. The van der Waals surface area contributed by atoms with Crippen LogP contribution in [0.2, 0.25) is 0 Å². The molecule has 4 rings (SSSR count). The highest BCUT2D eigenvalue weighted by Crippen LogP contribution is 2.39. The van der Waals surface area contributed by atoms with Gasteiger partial charge in [0, 0.05) is 25.7 Å². The van der Waals surface area contributed by atoms with E-state index in [1.165, 1.54) is 58.2 Å². The van der Waals surface area contributed by atoms with E-state index in [2.05, 4.69) is 10.2 Å². The predicted octanol–water partition coefficient (Wildman–Crippen LogP) is 3.20. The first-order chi connectivity index (χ1) is 11.8. The lowest BCUT2D eigenvalue weighted by atomic mass is 9.90. The van der Waals surface area contributed by atoms with Crippen LogP contribution in [-0.2, 0) is 9.47 Å². The van der Waals surface area contributed by atoms with Crippen LogP contribution >= 0.6 is 0 Å². The van der Waals surface area contributed by atoms with Crippen LogP contribution in [0.5, 0.6) is 0 Å². The van der Waals surface area contributed by atoms with E-state index in [1.807, 2.05) is 21.0 Å². The molecule has 0 aromatic carbocycles. The fourth-order valence-electron chi connectivity index (χ4n) is 5.09. The molecule has 4 nitrogen and oxygen atoms in total. The van der Waals surface area contributed by atoms with Gasteiger partial charge in [-0.25, -0.2) is 0 Å². The van der Waals surface area contributed by atoms with Crippen molar-refractivity contribution < 1.29 is 9.47 Å². The summed E-state index contributed by atoms with van der Waals surface area (Å²) in [5.41, 5.74) is 0. The molecule has 0 aromatic heterocycles. The fraction of sp³-hybridized carbons (Fsp3) is 1.00. The molecule has 1 saturated carbocycles. The zero-order valence-electron chi connectivity index (χ0n) is 16.0. The summed E-state index contributed by atoms with van der Waals surface area (Å²) in [5.74, 6) is 0.927. The second-order valence-corrected chi connectivity index (χ2v) is 7.96. The van der Waals surface area contributed by atoms with E-state index in [4.69, 9.17) is 9.47 Å². The summed E-state index contributed by atoms with van der Waals surface area (Å²) in [6, 6.07) is 1.61. The van der Waals surface area contributed by atoms with Crippen LogP contribution in [0.1, 0.15) is 65.2 Å². The van der Waals surface area contributed by atoms with Crippen molar-refractivity contribution in [3.63, 3.8) is 0 Å². The van der Waals surface area contributed by atoms with Crippen LogP contribution in [0, 0.1) is 5.92 Å². The van der Waals surface area contributed by atoms with Crippen LogP contribution in [-0.4, -0.2) is 62.0 Å². The van der Waals surface area contributed by atoms with E-state index in [0.29, 0.717) is 18.3 Å². The molecule has 1 aliphatic carbocycles. The molecule has 24 heavy (non-hydrogen) atoms. The molecule has 3 saturated heterocycles. The maximum atomic E-state index is 6.36. The topological polar surface area (TPSA) is 33.7 Å². The Bertz CT molecular complexity index is 353. The van der Waals surface area contributed by atoms with Gasteiger partial charge in [0.05, 0.1) is 18.3 Å². The van der Waals surface area contributed by atoms with Crippen molar-refractivity contribution in [2.24, 2.45) is 5.92 Å². The molecule has 2 atom stereocenters. The number of nitrogens with zero attached hydrogens (tertiary/aromatic N) is 1. The lowest BCUT2D eigenvalue weighted by Gasteiger charge is -2.44. The van der Waals surface area contributed by atoms with Gasteiger partial charge in [0.25, 0.3) is 0 Å². The number of hydrogen-bond acceptors (Lipinski definition) is 4. The number of fused-ring (bicyclic) bond motifs is 2. The molecule has 3 aliphatic heterocycles. The first-order valence-electron chi connectivity index (χ1n) is 10.5. The molecule has 4 aliphatic rings. The third kappa shape index (κ3) is 4.32. The summed E-state index contributed by atoms with van der Waals surface area (Å²) >= 11 is 0. The van der Waals surface area contributed by atoms with Crippen molar-refractivity contribution >= 4 is 0 Å². The molecule has 2 unspecified atom stereocenters. The van der Waals surface area contributed by atoms with Crippen molar-refractivity contribution in [1.29, 1.82) is 0 Å². The molecule has 0 spiro atoms. The molecule has 0 aromatic rings. The van der Waals surface area contributed by atoms with Crippen molar-refractivity contribution in [2.45, 2.75) is 95.6 Å². The van der Waals surface area contributed by atoms with Gasteiger partial charge in [-0.15, -0.1) is 0 Å². The van der Waals surface area contributed by atoms with Gasteiger partial charge in [0.1, 0.15) is 0 Å². The first-order valence-corrected chi connectivity index (χ1v) is 10.5. The number of piperidine rings is 2. The molecule has 1 N–H and O–H groups in total. The predicted molar refractivity (Wildman–Crippen MR) is 98.4 cm³/mol. The summed E-state index contributed by atoms with van der Waals surface area (Å²) in [6.45, 7) is 7.79. The maximum absolute atomic E-state index is 6.36. The van der Waals surface area contributed by atoms with Gasteiger partial charge in [0.2, 0.25) is 0 Å². The summed E-state index contributed by atoms with van der Waals surface area (Å²) in [7, 11) is 1.82. The highest BCUT2D eigenvalue weighted by atomic mass is 16.5. The largest absolute Gasteiger partial charge is 0.381 e. The van der Waals surface area contributed by atoms with Gasteiger partial charge in [-0.2, -0.15) is 0 Å². The SMILES string of the molecule is CC.COC1CC(OC2CC3CCC(C2)N3CC2CCNCC2)C1. The van der Waals surface area contributed by atoms with Crippen LogP contribution in [0.25, 0.3) is 0 Å². The molecular weight excluding hydrogens is 300 g/mol. The second kappa shape index (κ2) is 8.98. The van der Waals surface area contributed by atoms with Crippen LogP contribution < -0.4 is 5.32 Å². The number of hydrogen-bond donors (Lipinski definition) is 1. The van der Waals surface area contributed by atoms with Crippen molar-refractivity contribution in [2.75, 3.05) is 26.7 Å². The highest BCUT2D eigenvalue weighted by Gasteiger charge is 2.43. The van der Waals surface area contributed by atoms with Crippen molar-refractivity contribution in [3.05, 3.63) is 0 Å². The quantitative estimate of drug-likeness (QED) is 0.835. The summed E-state index contributed by atoms with van der Waals surface area (Å²) in [4.78, 5) is 2.86. The highest BCUT2D eigenvalue weighted by molar-refractivity contribution is 4.97. The number of ether oxygens (including phenoxy) is 2. The Hall–Kier alpha value is -0.160. The van der Waals surface area contributed by atoms with Crippen molar-refractivity contribution in [1.82, 2.24) is 10.2 Å². The molecule has 4 heteroatoms. The third-order valence-electron chi connectivity index (χ3n) is 6.54. The van der Waals surface area contributed by atoms with E-state index in [9.17, 15) is 0 Å². The number of rotatable bonds is 5. The molecule has 4 fully saturated rings. The van der Waals surface area contributed by atoms with Gasteiger partial charge >= 0.3 is 0 Å². The lowest BCUT2D eigenvalue weighted by molar-refractivity contribution is -0.134.